The number of likely N-dealkylation sites (N-methyl/N-ethyl adjacent to an activating group) is 1. The van der Waals surface area contributed by atoms with Crippen molar-refractivity contribution in [1.29, 1.82) is 0 Å². The highest BCUT2D eigenvalue weighted by molar-refractivity contribution is 5.72. The van der Waals surface area contributed by atoms with E-state index >= 15 is 0 Å². The average Bonchev–Trinajstić information content (AvgIpc) is 3.20. The summed E-state index contributed by atoms with van der Waals surface area (Å²) in [5.74, 6) is -1.36. The van der Waals surface area contributed by atoms with Crippen LogP contribution in [0.25, 0.3) is 0 Å². The lowest BCUT2D eigenvalue weighted by atomic mass is 9.91. The van der Waals surface area contributed by atoms with Gasteiger partial charge in [0.1, 0.15) is 11.4 Å². The number of rotatable bonds is 7. The van der Waals surface area contributed by atoms with Gasteiger partial charge in [-0.2, -0.15) is 26.3 Å². The van der Waals surface area contributed by atoms with Crippen LogP contribution in [0.5, 0.6) is 0 Å². The van der Waals surface area contributed by atoms with Crippen LogP contribution in [0, 0.1) is 5.82 Å². The van der Waals surface area contributed by atoms with Crippen molar-refractivity contribution in [2.45, 2.75) is 82.7 Å². The maximum Gasteiger partial charge on any atom is 0.416 e. The summed E-state index contributed by atoms with van der Waals surface area (Å²) in [6.45, 7) is 6.57. The molecule has 2 aromatic carbocycles. The molecule has 0 N–H and O–H groups in total. The van der Waals surface area contributed by atoms with Gasteiger partial charge in [0, 0.05) is 12.0 Å². The smallest absolute Gasteiger partial charge is 0.416 e. The standard InChI is InChI=1S/C28H32F7NO3/c1-16(18-12-19(27(30,31)32)14-20(13-18)28(33,34)35)38-23-11-10-22(25(23)17-6-8-21(29)9-7-17)36(5)15-24(37)39-26(2,3)4/h6-9,12-14,16,22-23,25H,10-11,15H2,1-5H3/t16-,22?,23?,25?/m1/s1. The van der Waals surface area contributed by atoms with Crippen molar-refractivity contribution in [2.24, 2.45) is 0 Å². The van der Waals surface area contributed by atoms with Crippen molar-refractivity contribution >= 4 is 5.97 Å². The summed E-state index contributed by atoms with van der Waals surface area (Å²) in [5.41, 5.74) is -3.11. The van der Waals surface area contributed by atoms with Crippen molar-refractivity contribution in [3.8, 4) is 0 Å². The van der Waals surface area contributed by atoms with Crippen molar-refractivity contribution < 1.29 is 45.0 Å². The molecule has 0 heterocycles. The second-order valence-corrected chi connectivity index (χ2v) is 10.9. The van der Waals surface area contributed by atoms with E-state index in [-0.39, 0.29) is 24.2 Å². The number of benzene rings is 2. The Morgan fingerprint density at radius 3 is 1.97 bits per heavy atom. The van der Waals surface area contributed by atoms with E-state index in [0.717, 1.165) is 0 Å². The number of hydrogen-bond acceptors (Lipinski definition) is 4. The SMILES string of the molecule is C[C@@H](OC1CCC(N(C)CC(=O)OC(C)(C)C)C1c1ccc(F)cc1)c1cc(C(F)(F)F)cc(C(F)(F)F)c1. The quantitative estimate of drug-likeness (QED) is 0.258. The molecule has 11 heteroatoms. The highest BCUT2D eigenvalue weighted by Gasteiger charge is 2.42. The predicted molar refractivity (Wildman–Crippen MR) is 130 cm³/mol. The van der Waals surface area contributed by atoms with Crippen molar-refractivity contribution in [2.75, 3.05) is 13.6 Å². The molecule has 0 aromatic heterocycles. The molecular formula is C28H32F7NO3. The number of alkyl halides is 6. The van der Waals surface area contributed by atoms with Crippen LogP contribution in [0.15, 0.2) is 42.5 Å². The summed E-state index contributed by atoms with van der Waals surface area (Å²) in [7, 11) is 1.72. The number of carbonyl (C=O) groups is 1. The predicted octanol–water partition coefficient (Wildman–Crippen LogP) is 7.53. The molecule has 39 heavy (non-hydrogen) atoms. The first-order valence-corrected chi connectivity index (χ1v) is 12.5. The van der Waals surface area contributed by atoms with Crippen LogP contribution in [0.2, 0.25) is 0 Å². The Labute approximate surface area is 223 Å². The Hall–Kier alpha value is -2.66. The number of nitrogens with zero attached hydrogens (tertiary/aromatic N) is 1. The van der Waals surface area contributed by atoms with Gasteiger partial charge in [0.2, 0.25) is 0 Å². The summed E-state index contributed by atoms with van der Waals surface area (Å²) in [5, 5.41) is 0. The summed E-state index contributed by atoms with van der Waals surface area (Å²) in [6, 6.07) is 6.77. The van der Waals surface area contributed by atoms with Gasteiger partial charge in [0.05, 0.1) is 29.9 Å². The van der Waals surface area contributed by atoms with Gasteiger partial charge in [-0.05, 0) is 89.0 Å². The first-order valence-electron chi connectivity index (χ1n) is 12.5. The molecule has 0 spiro atoms. The topological polar surface area (TPSA) is 38.8 Å². The fraction of sp³-hybridized carbons (Fsp3) is 0.536. The lowest BCUT2D eigenvalue weighted by Crippen LogP contribution is -2.41. The summed E-state index contributed by atoms with van der Waals surface area (Å²) < 4.78 is 106. The Kier molecular flexibility index (Phi) is 9.06. The first kappa shape index (κ1) is 30.9. The third kappa shape index (κ3) is 8.17. The van der Waals surface area contributed by atoms with Gasteiger partial charge in [-0.3, -0.25) is 9.69 Å². The number of ether oxygens (including phenoxy) is 2. The Balaban J connectivity index is 1.90. The maximum atomic E-state index is 13.7. The second kappa shape index (κ2) is 11.4. The van der Waals surface area contributed by atoms with Crippen LogP contribution >= 0.6 is 0 Å². The third-order valence-corrected chi connectivity index (χ3v) is 6.64. The largest absolute Gasteiger partial charge is 0.459 e. The zero-order valence-corrected chi connectivity index (χ0v) is 22.3. The zero-order valence-electron chi connectivity index (χ0n) is 22.3. The van der Waals surface area contributed by atoms with Gasteiger partial charge in [-0.25, -0.2) is 4.39 Å². The fourth-order valence-electron chi connectivity index (χ4n) is 4.96. The van der Waals surface area contributed by atoms with E-state index in [1.165, 1.54) is 19.1 Å². The molecule has 0 saturated heterocycles. The number of hydrogen-bond donors (Lipinski definition) is 0. The van der Waals surface area contributed by atoms with Crippen molar-refractivity contribution in [1.82, 2.24) is 4.90 Å². The van der Waals surface area contributed by atoms with E-state index in [0.29, 0.717) is 30.5 Å². The maximum absolute atomic E-state index is 13.7. The molecule has 1 saturated carbocycles. The van der Waals surface area contributed by atoms with Gasteiger partial charge in [0.15, 0.2) is 0 Å². The average molecular weight is 564 g/mol. The highest BCUT2D eigenvalue weighted by Crippen LogP contribution is 2.43. The molecule has 0 bridgehead atoms. The minimum atomic E-state index is -4.98. The van der Waals surface area contributed by atoms with E-state index in [1.807, 2.05) is 0 Å². The van der Waals surface area contributed by atoms with Gasteiger partial charge < -0.3 is 9.47 Å². The first-order chi connectivity index (χ1) is 17.8. The van der Waals surface area contributed by atoms with Crippen LogP contribution in [-0.4, -0.2) is 42.2 Å². The van der Waals surface area contributed by atoms with Gasteiger partial charge in [-0.1, -0.05) is 12.1 Å². The summed E-state index contributed by atoms with van der Waals surface area (Å²) >= 11 is 0. The fourth-order valence-corrected chi connectivity index (χ4v) is 4.96. The van der Waals surface area contributed by atoms with Crippen molar-refractivity contribution in [3.05, 3.63) is 70.5 Å². The molecule has 216 valence electrons. The number of halogens is 7. The molecular weight excluding hydrogens is 531 g/mol. The zero-order chi connectivity index (χ0) is 29.3. The van der Waals surface area contributed by atoms with E-state index in [9.17, 15) is 35.5 Å². The number of esters is 1. The third-order valence-electron chi connectivity index (χ3n) is 6.64. The molecule has 1 aliphatic rings. The molecule has 3 rings (SSSR count). The van der Waals surface area contributed by atoms with Gasteiger partial charge in [0.25, 0.3) is 0 Å². The molecule has 4 nitrogen and oxygen atoms in total. The van der Waals surface area contributed by atoms with Crippen LogP contribution in [-0.2, 0) is 26.6 Å². The van der Waals surface area contributed by atoms with Crippen LogP contribution in [0.4, 0.5) is 30.7 Å². The minimum absolute atomic E-state index is 0.0511. The Bertz CT molecular complexity index is 1110. The van der Waals surface area contributed by atoms with Crippen LogP contribution < -0.4 is 0 Å². The van der Waals surface area contributed by atoms with Crippen molar-refractivity contribution in [3.63, 3.8) is 0 Å². The minimum Gasteiger partial charge on any atom is -0.459 e. The molecule has 0 amide bonds. The Morgan fingerprint density at radius 2 is 1.49 bits per heavy atom. The molecule has 4 atom stereocenters. The lowest BCUT2D eigenvalue weighted by Gasteiger charge is -2.33. The van der Waals surface area contributed by atoms with E-state index < -0.39 is 59.0 Å². The normalized spacial score (nSPS) is 21.3. The molecule has 1 fully saturated rings. The molecule has 0 radical (unpaired) electrons. The second-order valence-electron chi connectivity index (χ2n) is 10.9. The molecule has 3 unspecified atom stereocenters. The molecule has 1 aliphatic carbocycles. The van der Waals surface area contributed by atoms with Crippen LogP contribution in [0.3, 0.4) is 0 Å². The summed E-state index contributed by atoms with van der Waals surface area (Å²) in [4.78, 5) is 14.2. The molecule has 0 aliphatic heterocycles. The Morgan fingerprint density at radius 1 is 0.949 bits per heavy atom. The highest BCUT2D eigenvalue weighted by atomic mass is 19.4. The molecule has 2 aromatic rings. The van der Waals surface area contributed by atoms with E-state index in [1.54, 1.807) is 44.9 Å². The van der Waals surface area contributed by atoms with Crippen LogP contribution in [0.1, 0.15) is 74.8 Å². The van der Waals surface area contributed by atoms with E-state index in [4.69, 9.17) is 9.47 Å². The monoisotopic (exact) mass is 563 g/mol. The van der Waals surface area contributed by atoms with Gasteiger partial charge >= 0.3 is 18.3 Å². The van der Waals surface area contributed by atoms with Gasteiger partial charge in [-0.15, -0.1) is 0 Å². The number of carbonyl (C=O) groups excluding carboxylic acids is 1. The van der Waals surface area contributed by atoms with E-state index in [2.05, 4.69) is 0 Å². The lowest BCUT2D eigenvalue weighted by molar-refractivity contribution is -0.156. The summed E-state index contributed by atoms with van der Waals surface area (Å²) in [6.07, 6.45) is -10.8.